The topological polar surface area (TPSA) is 72.2 Å². The van der Waals surface area contributed by atoms with Crippen LogP contribution in [-0.2, 0) is 23.1 Å². The van der Waals surface area contributed by atoms with Crippen LogP contribution >= 0.6 is 0 Å². The molecule has 31 heavy (non-hydrogen) atoms. The van der Waals surface area contributed by atoms with Crippen molar-refractivity contribution < 1.29 is 13.4 Å². The van der Waals surface area contributed by atoms with Crippen LogP contribution in [0.4, 0.5) is 0 Å². The third kappa shape index (κ3) is 5.16. The van der Waals surface area contributed by atoms with Crippen LogP contribution in [0.25, 0.3) is 11.5 Å². The first kappa shape index (κ1) is 20.8. The molecule has 1 heterocycles. The maximum absolute atomic E-state index is 12.6. The maximum Gasteiger partial charge on any atom is 0.251 e. The van der Waals surface area contributed by atoms with E-state index in [9.17, 15) is 9.00 Å². The highest BCUT2D eigenvalue weighted by atomic mass is 32.2. The molecule has 3 aromatic carbocycles. The van der Waals surface area contributed by atoms with Crippen LogP contribution in [0.1, 0.15) is 27.4 Å². The molecular weight excluding hydrogens is 408 g/mol. The summed E-state index contributed by atoms with van der Waals surface area (Å²) >= 11 is 0. The van der Waals surface area contributed by atoms with Gasteiger partial charge in [-0.05, 0) is 48.9 Å². The van der Waals surface area contributed by atoms with Crippen molar-refractivity contribution in [3.8, 4) is 11.5 Å². The quantitative estimate of drug-likeness (QED) is 0.453. The van der Waals surface area contributed by atoms with E-state index >= 15 is 0 Å². The molecule has 0 aliphatic heterocycles. The van der Waals surface area contributed by atoms with Crippen LogP contribution in [0.2, 0.25) is 0 Å². The van der Waals surface area contributed by atoms with Crippen molar-refractivity contribution in [1.29, 1.82) is 0 Å². The molecule has 1 atom stereocenters. The lowest BCUT2D eigenvalue weighted by Crippen LogP contribution is -2.22. The van der Waals surface area contributed by atoms with Crippen molar-refractivity contribution in [1.82, 2.24) is 10.3 Å². The average Bonchev–Trinajstić information content (AvgIpc) is 3.19. The fourth-order valence-electron chi connectivity index (χ4n) is 3.11. The Morgan fingerprint density at radius 1 is 0.935 bits per heavy atom. The number of nitrogens with zero attached hydrogens (tertiary/aromatic N) is 1. The van der Waals surface area contributed by atoms with Crippen LogP contribution in [0.5, 0.6) is 0 Å². The van der Waals surface area contributed by atoms with Gasteiger partial charge in [0.2, 0.25) is 5.89 Å². The molecule has 0 bridgehead atoms. The Morgan fingerprint density at radius 3 is 2.26 bits per heavy atom. The zero-order chi connectivity index (χ0) is 21.6. The molecule has 4 rings (SSSR count). The van der Waals surface area contributed by atoms with Crippen molar-refractivity contribution in [2.45, 2.75) is 24.1 Å². The molecule has 0 fully saturated rings. The summed E-state index contributed by atoms with van der Waals surface area (Å²) < 4.78 is 18.4. The number of amides is 1. The molecular formula is C25H22N2O3S. The molecule has 1 amide bonds. The number of benzene rings is 3. The van der Waals surface area contributed by atoms with Crippen LogP contribution < -0.4 is 5.32 Å². The highest BCUT2D eigenvalue weighted by molar-refractivity contribution is 7.84. The average molecular weight is 431 g/mol. The predicted molar refractivity (Wildman–Crippen MR) is 121 cm³/mol. The van der Waals surface area contributed by atoms with Gasteiger partial charge < -0.3 is 9.73 Å². The predicted octanol–water partition coefficient (Wildman–Crippen LogP) is 4.89. The van der Waals surface area contributed by atoms with Crippen LogP contribution in [0, 0.1) is 6.92 Å². The largest absolute Gasteiger partial charge is 0.441 e. The van der Waals surface area contributed by atoms with Gasteiger partial charge in [-0.2, -0.15) is 0 Å². The minimum absolute atomic E-state index is 0.141. The first-order chi connectivity index (χ1) is 15.1. The smallest absolute Gasteiger partial charge is 0.251 e. The number of carbonyl (C=O) groups excluding carboxylic acids is 1. The van der Waals surface area contributed by atoms with Crippen molar-refractivity contribution in [3.63, 3.8) is 0 Å². The van der Waals surface area contributed by atoms with Gasteiger partial charge in [0.1, 0.15) is 5.76 Å². The third-order valence-electron chi connectivity index (χ3n) is 4.86. The van der Waals surface area contributed by atoms with Gasteiger partial charge in [0, 0.05) is 22.6 Å². The molecule has 0 spiro atoms. The van der Waals surface area contributed by atoms with Crippen LogP contribution in [0.3, 0.4) is 0 Å². The second-order valence-corrected chi connectivity index (χ2v) is 8.52. The first-order valence-corrected chi connectivity index (χ1v) is 11.2. The van der Waals surface area contributed by atoms with Gasteiger partial charge in [-0.1, -0.05) is 48.5 Å². The summed E-state index contributed by atoms with van der Waals surface area (Å²) in [6, 6.07) is 26.2. The molecule has 5 nitrogen and oxygen atoms in total. The van der Waals surface area contributed by atoms with E-state index in [0.717, 1.165) is 16.0 Å². The summed E-state index contributed by atoms with van der Waals surface area (Å²) in [5.74, 6) is 1.25. The normalized spacial score (nSPS) is 11.8. The fourth-order valence-corrected chi connectivity index (χ4v) is 4.25. The molecule has 0 aliphatic carbocycles. The highest BCUT2D eigenvalue weighted by Crippen LogP contribution is 2.24. The third-order valence-corrected chi connectivity index (χ3v) is 6.19. The minimum atomic E-state index is -1.19. The molecule has 156 valence electrons. The Hall–Kier alpha value is -3.51. The number of hydrogen-bond donors (Lipinski definition) is 1. The van der Waals surface area contributed by atoms with Gasteiger partial charge in [0.15, 0.2) is 0 Å². The Balaban J connectivity index is 1.42. The maximum atomic E-state index is 12.6. The van der Waals surface area contributed by atoms with Gasteiger partial charge in [-0.15, -0.1) is 0 Å². The summed E-state index contributed by atoms with van der Waals surface area (Å²) in [5, 5.41) is 2.91. The zero-order valence-electron chi connectivity index (χ0n) is 17.1. The fraction of sp³-hybridized carbons (Fsp3) is 0.120. The summed E-state index contributed by atoms with van der Waals surface area (Å²) in [6.07, 6.45) is 0. The van der Waals surface area contributed by atoms with Crippen molar-refractivity contribution in [2.75, 3.05) is 0 Å². The molecule has 1 unspecified atom stereocenters. The van der Waals surface area contributed by atoms with E-state index in [1.54, 1.807) is 24.3 Å². The van der Waals surface area contributed by atoms with E-state index in [1.807, 2.05) is 67.6 Å². The van der Waals surface area contributed by atoms with Gasteiger partial charge >= 0.3 is 0 Å². The standard InChI is InChI=1S/C25H22N2O3S/c1-18-23(17-31(29)22-10-6-3-7-11-22)27-25(30-18)21-14-12-20(13-15-21)24(28)26-16-19-8-4-2-5-9-19/h2-15H,16-17H2,1H3,(H,26,28). The van der Waals surface area contributed by atoms with Crippen molar-refractivity contribution in [2.24, 2.45) is 0 Å². The lowest BCUT2D eigenvalue weighted by atomic mass is 10.1. The SMILES string of the molecule is Cc1oc(-c2ccc(C(=O)NCc3ccccc3)cc2)nc1CS(=O)c1ccccc1. The van der Waals surface area contributed by atoms with Crippen LogP contribution in [-0.4, -0.2) is 15.1 Å². The van der Waals surface area contributed by atoms with Gasteiger partial charge in [0.05, 0.1) is 22.2 Å². The van der Waals surface area contributed by atoms with E-state index < -0.39 is 10.8 Å². The lowest BCUT2D eigenvalue weighted by molar-refractivity contribution is 0.0951. The molecule has 0 saturated carbocycles. The minimum Gasteiger partial charge on any atom is -0.441 e. The summed E-state index contributed by atoms with van der Waals surface area (Å²) in [7, 11) is -1.19. The summed E-state index contributed by atoms with van der Waals surface area (Å²) in [4.78, 5) is 17.7. The number of aromatic nitrogens is 1. The van der Waals surface area contributed by atoms with Crippen molar-refractivity contribution in [3.05, 3.63) is 108 Å². The lowest BCUT2D eigenvalue weighted by Gasteiger charge is -2.05. The molecule has 6 heteroatoms. The molecule has 0 aliphatic rings. The molecule has 1 aromatic heterocycles. The van der Waals surface area contributed by atoms with E-state index in [0.29, 0.717) is 35.2 Å². The zero-order valence-corrected chi connectivity index (χ0v) is 17.9. The monoisotopic (exact) mass is 430 g/mol. The van der Waals surface area contributed by atoms with Crippen molar-refractivity contribution >= 4 is 16.7 Å². The number of nitrogens with one attached hydrogen (secondary N) is 1. The van der Waals surface area contributed by atoms with E-state index in [-0.39, 0.29) is 5.91 Å². The van der Waals surface area contributed by atoms with Gasteiger partial charge in [-0.25, -0.2) is 4.98 Å². The summed E-state index contributed by atoms with van der Waals surface area (Å²) in [6.45, 7) is 2.29. The molecule has 4 aromatic rings. The van der Waals surface area contributed by atoms with E-state index in [4.69, 9.17) is 4.42 Å². The van der Waals surface area contributed by atoms with Gasteiger partial charge in [-0.3, -0.25) is 9.00 Å². The number of hydrogen-bond acceptors (Lipinski definition) is 4. The van der Waals surface area contributed by atoms with Crippen LogP contribution in [0.15, 0.2) is 94.2 Å². The second-order valence-electron chi connectivity index (χ2n) is 7.07. The Morgan fingerprint density at radius 2 is 1.58 bits per heavy atom. The van der Waals surface area contributed by atoms with E-state index in [2.05, 4.69) is 10.3 Å². The number of oxazole rings is 1. The Kier molecular flexibility index (Phi) is 6.38. The Labute approximate surface area is 183 Å². The molecule has 0 saturated heterocycles. The highest BCUT2D eigenvalue weighted by Gasteiger charge is 2.15. The number of carbonyl (C=O) groups is 1. The number of aryl methyl sites for hydroxylation is 1. The second kappa shape index (κ2) is 9.53. The summed E-state index contributed by atoms with van der Waals surface area (Å²) in [5.41, 5.74) is 3.04. The Bertz CT molecular complexity index is 1190. The number of rotatable bonds is 7. The van der Waals surface area contributed by atoms with E-state index in [1.165, 1.54) is 0 Å². The molecule has 0 radical (unpaired) electrons. The van der Waals surface area contributed by atoms with Gasteiger partial charge in [0.25, 0.3) is 5.91 Å². The molecule has 1 N–H and O–H groups in total. The first-order valence-electron chi connectivity index (χ1n) is 9.92.